The summed E-state index contributed by atoms with van der Waals surface area (Å²) in [7, 11) is 0. The summed E-state index contributed by atoms with van der Waals surface area (Å²) in [6, 6.07) is 7.35. The van der Waals surface area contributed by atoms with E-state index < -0.39 is 0 Å². The summed E-state index contributed by atoms with van der Waals surface area (Å²) in [6.07, 6.45) is 4.73. The van der Waals surface area contributed by atoms with Gasteiger partial charge in [-0.15, -0.1) is 0 Å². The van der Waals surface area contributed by atoms with Gasteiger partial charge in [-0.2, -0.15) is 0 Å². The number of carbonyl (C=O) groups excluding carboxylic acids is 1. The minimum absolute atomic E-state index is 0.0245. The van der Waals surface area contributed by atoms with Gasteiger partial charge in [-0.1, -0.05) is 13.3 Å². The van der Waals surface area contributed by atoms with Gasteiger partial charge in [0, 0.05) is 17.8 Å². The molecular weight excluding hydrogens is 252 g/mol. The molecule has 0 unspecified atom stereocenters. The van der Waals surface area contributed by atoms with Gasteiger partial charge in [0.25, 0.3) is 5.91 Å². The Morgan fingerprint density at radius 1 is 1.35 bits per heavy atom. The lowest BCUT2D eigenvalue weighted by Gasteiger charge is -2.25. The number of hydrogen-bond acceptors (Lipinski definition) is 3. The highest BCUT2D eigenvalue weighted by atomic mass is 16.3. The van der Waals surface area contributed by atoms with Crippen molar-refractivity contribution in [1.82, 2.24) is 5.32 Å². The van der Waals surface area contributed by atoms with Crippen LogP contribution < -0.4 is 10.6 Å². The standard InChI is InChI=1S/C16H24N2O2/c1-2-14(11-19)18-16(20)13-6-8-15(9-7-13)17-10-12-4-3-5-12/h6-9,12,14,17,19H,2-5,10-11H2,1H3,(H,18,20)/t14-/m0/s1. The molecule has 0 spiro atoms. The normalized spacial score (nSPS) is 16.3. The fourth-order valence-electron chi connectivity index (χ4n) is 2.24. The summed E-state index contributed by atoms with van der Waals surface area (Å²) in [6.45, 7) is 2.94. The Balaban J connectivity index is 1.84. The third-order valence-corrected chi connectivity index (χ3v) is 4.02. The monoisotopic (exact) mass is 276 g/mol. The molecule has 1 fully saturated rings. The Hall–Kier alpha value is -1.55. The maximum absolute atomic E-state index is 12.0. The minimum atomic E-state index is -0.168. The second-order valence-electron chi connectivity index (χ2n) is 5.52. The molecule has 0 bridgehead atoms. The molecule has 1 aromatic carbocycles. The van der Waals surface area contributed by atoms with Crippen LogP contribution in [0.25, 0.3) is 0 Å². The van der Waals surface area contributed by atoms with E-state index in [-0.39, 0.29) is 18.6 Å². The van der Waals surface area contributed by atoms with Gasteiger partial charge in [0.05, 0.1) is 12.6 Å². The number of nitrogens with one attached hydrogen (secondary N) is 2. The number of amides is 1. The minimum Gasteiger partial charge on any atom is -0.394 e. The number of benzene rings is 1. The van der Waals surface area contributed by atoms with Crippen molar-refractivity contribution in [1.29, 1.82) is 0 Å². The molecule has 1 aliphatic rings. The first-order chi connectivity index (χ1) is 9.72. The maximum Gasteiger partial charge on any atom is 0.251 e. The van der Waals surface area contributed by atoms with Crippen molar-refractivity contribution >= 4 is 11.6 Å². The lowest BCUT2D eigenvalue weighted by atomic mass is 9.85. The van der Waals surface area contributed by atoms with Crippen molar-refractivity contribution < 1.29 is 9.90 Å². The van der Waals surface area contributed by atoms with Gasteiger partial charge in [0.15, 0.2) is 0 Å². The van der Waals surface area contributed by atoms with E-state index in [1.807, 2.05) is 31.2 Å². The lowest BCUT2D eigenvalue weighted by molar-refractivity contribution is 0.0915. The molecule has 1 amide bonds. The van der Waals surface area contributed by atoms with Crippen molar-refractivity contribution in [2.75, 3.05) is 18.5 Å². The topological polar surface area (TPSA) is 61.4 Å². The Morgan fingerprint density at radius 3 is 2.55 bits per heavy atom. The Kier molecular flexibility index (Phi) is 5.41. The van der Waals surface area contributed by atoms with Gasteiger partial charge in [-0.05, 0) is 49.4 Å². The van der Waals surface area contributed by atoms with Gasteiger partial charge < -0.3 is 15.7 Å². The molecule has 1 aliphatic carbocycles. The van der Waals surface area contributed by atoms with Crippen molar-refractivity contribution in [3.05, 3.63) is 29.8 Å². The summed E-state index contributed by atoms with van der Waals surface area (Å²) in [4.78, 5) is 12.0. The molecule has 0 saturated heterocycles. The van der Waals surface area contributed by atoms with Crippen molar-refractivity contribution in [2.45, 2.75) is 38.6 Å². The fraction of sp³-hybridized carbons (Fsp3) is 0.562. The predicted molar refractivity (Wildman–Crippen MR) is 80.9 cm³/mol. The number of hydrogen-bond donors (Lipinski definition) is 3. The number of anilines is 1. The molecule has 3 N–H and O–H groups in total. The summed E-state index contributed by atoms with van der Waals surface area (Å²) in [5.41, 5.74) is 1.69. The van der Waals surface area contributed by atoms with E-state index in [1.165, 1.54) is 19.3 Å². The average molecular weight is 276 g/mol. The van der Waals surface area contributed by atoms with E-state index >= 15 is 0 Å². The summed E-state index contributed by atoms with van der Waals surface area (Å²) < 4.78 is 0. The van der Waals surface area contributed by atoms with Crippen molar-refractivity contribution in [2.24, 2.45) is 5.92 Å². The fourth-order valence-corrected chi connectivity index (χ4v) is 2.24. The largest absolute Gasteiger partial charge is 0.394 e. The zero-order valence-electron chi connectivity index (χ0n) is 12.1. The molecule has 0 aromatic heterocycles. The van der Waals surface area contributed by atoms with Crippen LogP contribution in [0.15, 0.2) is 24.3 Å². The van der Waals surface area contributed by atoms with Crippen molar-refractivity contribution in [3.8, 4) is 0 Å². The Labute approximate surface area is 120 Å². The summed E-state index contributed by atoms with van der Waals surface area (Å²) >= 11 is 0. The highest BCUT2D eigenvalue weighted by molar-refractivity contribution is 5.94. The number of aliphatic hydroxyl groups excluding tert-OH is 1. The molecule has 4 nitrogen and oxygen atoms in total. The molecule has 0 aliphatic heterocycles. The molecular formula is C16H24N2O2. The van der Waals surface area contributed by atoms with E-state index in [9.17, 15) is 4.79 Å². The van der Waals surface area contributed by atoms with Crippen molar-refractivity contribution in [3.63, 3.8) is 0 Å². The first kappa shape index (κ1) is 14.9. The van der Waals surface area contributed by atoms with Crippen LogP contribution in [0.4, 0.5) is 5.69 Å². The average Bonchev–Trinajstić information content (AvgIpc) is 2.43. The van der Waals surface area contributed by atoms with E-state index in [4.69, 9.17) is 5.11 Å². The van der Waals surface area contributed by atoms with E-state index in [1.54, 1.807) is 0 Å². The van der Waals surface area contributed by atoms with Crippen LogP contribution in [0.2, 0.25) is 0 Å². The van der Waals surface area contributed by atoms with Gasteiger partial charge >= 0.3 is 0 Å². The molecule has 0 heterocycles. The maximum atomic E-state index is 12.0. The lowest BCUT2D eigenvalue weighted by Crippen LogP contribution is -2.36. The zero-order chi connectivity index (χ0) is 14.4. The first-order valence-electron chi connectivity index (χ1n) is 7.48. The molecule has 4 heteroatoms. The highest BCUT2D eigenvalue weighted by Gasteiger charge is 2.16. The van der Waals surface area contributed by atoms with Crippen LogP contribution in [0.3, 0.4) is 0 Å². The Bertz CT molecular complexity index is 423. The van der Waals surface area contributed by atoms with E-state index in [0.29, 0.717) is 5.56 Å². The van der Waals surface area contributed by atoms with E-state index in [0.717, 1.165) is 24.6 Å². The van der Waals surface area contributed by atoms with Gasteiger partial charge in [-0.3, -0.25) is 4.79 Å². The molecule has 1 atom stereocenters. The SMILES string of the molecule is CC[C@@H](CO)NC(=O)c1ccc(NCC2CCC2)cc1. The third-order valence-electron chi connectivity index (χ3n) is 4.02. The summed E-state index contributed by atoms with van der Waals surface area (Å²) in [5.74, 6) is 0.685. The molecule has 0 radical (unpaired) electrons. The quantitative estimate of drug-likeness (QED) is 0.716. The van der Waals surface area contributed by atoms with Crippen LogP contribution >= 0.6 is 0 Å². The van der Waals surface area contributed by atoms with Crippen LogP contribution in [-0.2, 0) is 0 Å². The van der Waals surface area contributed by atoms with Crippen LogP contribution in [0.1, 0.15) is 43.0 Å². The van der Waals surface area contributed by atoms with E-state index in [2.05, 4.69) is 10.6 Å². The summed E-state index contributed by atoms with van der Waals surface area (Å²) in [5, 5.41) is 15.3. The smallest absolute Gasteiger partial charge is 0.251 e. The molecule has 1 aromatic rings. The number of aliphatic hydroxyl groups is 1. The second-order valence-corrected chi connectivity index (χ2v) is 5.52. The highest BCUT2D eigenvalue weighted by Crippen LogP contribution is 2.26. The first-order valence-corrected chi connectivity index (χ1v) is 7.48. The molecule has 20 heavy (non-hydrogen) atoms. The molecule has 2 rings (SSSR count). The predicted octanol–water partition coefficient (Wildman–Crippen LogP) is 2.40. The van der Waals surface area contributed by atoms with Crippen LogP contribution in [0, 0.1) is 5.92 Å². The zero-order valence-corrected chi connectivity index (χ0v) is 12.1. The van der Waals surface area contributed by atoms with Crippen LogP contribution in [-0.4, -0.2) is 30.2 Å². The second kappa shape index (κ2) is 7.29. The van der Waals surface area contributed by atoms with Gasteiger partial charge in [-0.25, -0.2) is 0 Å². The third kappa shape index (κ3) is 3.97. The van der Waals surface area contributed by atoms with Gasteiger partial charge in [0.2, 0.25) is 0 Å². The number of carbonyl (C=O) groups is 1. The van der Waals surface area contributed by atoms with Crippen LogP contribution in [0.5, 0.6) is 0 Å². The molecule has 1 saturated carbocycles. The Morgan fingerprint density at radius 2 is 2.05 bits per heavy atom. The van der Waals surface area contributed by atoms with Gasteiger partial charge in [0.1, 0.15) is 0 Å². The molecule has 110 valence electrons. The number of rotatable bonds is 7.